The number of fused-ring (bicyclic) bond motifs is 2. The quantitative estimate of drug-likeness (QED) is 0.181. The molecule has 3 N–H and O–H groups in total. The number of aromatic amines is 1. The van der Waals surface area contributed by atoms with Gasteiger partial charge in [-0.1, -0.05) is 30.3 Å². The predicted molar refractivity (Wildman–Crippen MR) is 133 cm³/mol. The molecule has 35 heavy (non-hydrogen) atoms. The van der Waals surface area contributed by atoms with Gasteiger partial charge in [0.2, 0.25) is 5.91 Å². The third kappa shape index (κ3) is 5.97. The highest BCUT2D eigenvalue weighted by molar-refractivity contribution is 5.84. The van der Waals surface area contributed by atoms with Gasteiger partial charge in [0.15, 0.2) is 11.2 Å². The van der Waals surface area contributed by atoms with Crippen LogP contribution in [0.15, 0.2) is 52.1 Å². The fourth-order valence-electron chi connectivity index (χ4n) is 3.65. The molecule has 2 aromatic carbocycles. The monoisotopic (exact) mass is 476 g/mol. The smallest absolute Gasteiger partial charge is 0.315 e. The Hall–Kier alpha value is -3.89. The van der Waals surface area contributed by atoms with E-state index < -0.39 is 11.2 Å². The fraction of sp³-hybridized carbons (Fsp3) is 0.320. The lowest BCUT2D eigenvalue weighted by Gasteiger charge is -2.09. The van der Waals surface area contributed by atoms with Gasteiger partial charge in [0.25, 0.3) is 5.56 Å². The first-order chi connectivity index (χ1) is 16.9. The average molecular weight is 477 g/mol. The largest absolute Gasteiger partial charge is 0.330 e. The van der Waals surface area contributed by atoms with Crippen LogP contribution in [0, 0.1) is 13.8 Å². The molecule has 4 aromatic rings. The van der Waals surface area contributed by atoms with E-state index in [-0.39, 0.29) is 23.6 Å². The van der Waals surface area contributed by atoms with Crippen LogP contribution in [0.4, 0.5) is 0 Å². The number of carbonyl (C=O) groups excluding carboxylic acids is 1. The molecule has 0 aliphatic heterocycles. The number of H-pyrrole nitrogens is 1. The normalized spacial score (nSPS) is 11.3. The minimum Gasteiger partial charge on any atom is -0.315 e. The first-order valence-electron chi connectivity index (χ1n) is 11.5. The molecule has 0 radical (unpaired) electrons. The number of rotatable bonds is 10. The number of nitrogens with zero attached hydrogens (tertiary/aromatic N) is 3. The lowest BCUT2D eigenvalue weighted by molar-refractivity contribution is -0.134. The maximum atomic E-state index is 12.9. The van der Waals surface area contributed by atoms with E-state index in [1.807, 2.05) is 56.3 Å². The minimum atomic E-state index is -0.531. The standard InChI is InChI=1S/C25H28N6O4/c1-16-13-19-20(14-17(16)2)28-23-22(27-19)24(33)31(25(34)29-23)12-11-26-10-6-9-21(32)30-35-15-18-7-4-3-5-8-18/h3-5,7-8,13-14,26H,6,9-12,15H2,1-2H3,(H,30,32)(H,28,29,34). The Labute approximate surface area is 201 Å². The van der Waals surface area contributed by atoms with E-state index in [0.717, 1.165) is 21.3 Å². The van der Waals surface area contributed by atoms with Crippen LogP contribution in [0.1, 0.15) is 29.5 Å². The van der Waals surface area contributed by atoms with Crippen LogP contribution in [0.25, 0.3) is 22.2 Å². The molecule has 0 spiro atoms. The van der Waals surface area contributed by atoms with Crippen LogP contribution in [-0.4, -0.2) is 38.5 Å². The Kier molecular flexibility index (Phi) is 7.64. The zero-order chi connectivity index (χ0) is 24.8. The summed E-state index contributed by atoms with van der Waals surface area (Å²) in [6.45, 7) is 5.36. The number of hydroxylamine groups is 1. The molecular formula is C25H28N6O4. The summed E-state index contributed by atoms with van der Waals surface area (Å²) in [5.41, 5.74) is 6.06. The van der Waals surface area contributed by atoms with Crippen LogP contribution in [0.3, 0.4) is 0 Å². The SMILES string of the molecule is Cc1cc2nc3[nH]c(=O)n(CCNCCCC(=O)NOCc4ccccc4)c(=O)c3nc2cc1C. The van der Waals surface area contributed by atoms with Crippen molar-refractivity contribution in [2.24, 2.45) is 0 Å². The molecule has 0 atom stereocenters. The Morgan fingerprint density at radius 1 is 1.03 bits per heavy atom. The van der Waals surface area contributed by atoms with Crippen LogP contribution in [-0.2, 0) is 22.8 Å². The average Bonchev–Trinajstić information content (AvgIpc) is 2.84. The zero-order valence-electron chi connectivity index (χ0n) is 19.8. The molecular weight excluding hydrogens is 448 g/mol. The highest BCUT2D eigenvalue weighted by atomic mass is 16.6. The lowest BCUT2D eigenvalue weighted by Crippen LogP contribution is -2.38. The second-order valence-corrected chi connectivity index (χ2v) is 8.39. The molecule has 0 saturated heterocycles. The van der Waals surface area contributed by atoms with E-state index in [2.05, 4.69) is 25.7 Å². The van der Waals surface area contributed by atoms with Crippen molar-refractivity contribution in [3.8, 4) is 0 Å². The summed E-state index contributed by atoms with van der Waals surface area (Å²) < 4.78 is 1.11. The molecule has 0 aliphatic rings. The second kappa shape index (κ2) is 11.0. The molecule has 1 amide bonds. The van der Waals surface area contributed by atoms with Gasteiger partial charge in [-0.15, -0.1) is 0 Å². The van der Waals surface area contributed by atoms with Gasteiger partial charge in [0.1, 0.15) is 0 Å². The number of benzene rings is 2. The minimum absolute atomic E-state index is 0.132. The molecule has 0 fully saturated rings. The van der Waals surface area contributed by atoms with Gasteiger partial charge in [-0.25, -0.2) is 20.2 Å². The van der Waals surface area contributed by atoms with Gasteiger partial charge in [0.05, 0.1) is 17.6 Å². The molecule has 0 unspecified atom stereocenters. The summed E-state index contributed by atoms with van der Waals surface area (Å²) in [7, 11) is 0. The van der Waals surface area contributed by atoms with E-state index in [0.29, 0.717) is 43.6 Å². The molecule has 10 heteroatoms. The van der Waals surface area contributed by atoms with Crippen LogP contribution in [0.2, 0.25) is 0 Å². The van der Waals surface area contributed by atoms with Crippen molar-refractivity contribution in [1.82, 2.24) is 30.3 Å². The maximum Gasteiger partial charge on any atom is 0.330 e. The fourth-order valence-corrected chi connectivity index (χ4v) is 3.65. The van der Waals surface area contributed by atoms with E-state index in [4.69, 9.17) is 4.84 Å². The van der Waals surface area contributed by atoms with Gasteiger partial charge in [-0.2, -0.15) is 0 Å². The zero-order valence-corrected chi connectivity index (χ0v) is 19.8. The van der Waals surface area contributed by atoms with Crippen LogP contribution in [0.5, 0.6) is 0 Å². The number of carbonyl (C=O) groups is 1. The molecule has 0 aliphatic carbocycles. The number of nitrogens with one attached hydrogen (secondary N) is 3. The van der Waals surface area contributed by atoms with Gasteiger partial charge in [0, 0.05) is 19.5 Å². The first-order valence-corrected chi connectivity index (χ1v) is 11.5. The van der Waals surface area contributed by atoms with Crippen LogP contribution >= 0.6 is 0 Å². The Balaban J connectivity index is 1.27. The number of aryl methyl sites for hydroxylation is 2. The highest BCUT2D eigenvalue weighted by Gasteiger charge is 2.12. The van der Waals surface area contributed by atoms with Gasteiger partial charge < -0.3 is 5.32 Å². The molecule has 0 bridgehead atoms. The number of hydrogen-bond donors (Lipinski definition) is 3. The second-order valence-electron chi connectivity index (χ2n) is 8.39. The molecule has 10 nitrogen and oxygen atoms in total. The summed E-state index contributed by atoms with van der Waals surface area (Å²) in [4.78, 5) is 54.0. The molecule has 0 saturated carbocycles. The van der Waals surface area contributed by atoms with Crippen molar-refractivity contribution in [3.63, 3.8) is 0 Å². The molecule has 2 aromatic heterocycles. The molecule has 2 heterocycles. The van der Waals surface area contributed by atoms with Crippen molar-refractivity contribution < 1.29 is 9.63 Å². The predicted octanol–water partition coefficient (Wildman–Crippen LogP) is 1.87. The van der Waals surface area contributed by atoms with Gasteiger partial charge in [-0.3, -0.25) is 24.0 Å². The topological polar surface area (TPSA) is 131 Å². The van der Waals surface area contributed by atoms with E-state index in [1.54, 1.807) is 0 Å². The van der Waals surface area contributed by atoms with Crippen LogP contribution < -0.4 is 22.0 Å². The van der Waals surface area contributed by atoms with Crippen molar-refractivity contribution in [3.05, 3.63) is 80.0 Å². The van der Waals surface area contributed by atoms with Crippen molar-refractivity contribution in [2.75, 3.05) is 13.1 Å². The third-order valence-electron chi connectivity index (χ3n) is 5.74. The Bertz CT molecular complexity index is 1460. The third-order valence-corrected chi connectivity index (χ3v) is 5.74. The summed E-state index contributed by atoms with van der Waals surface area (Å²) in [5, 5.41) is 3.15. The van der Waals surface area contributed by atoms with Gasteiger partial charge >= 0.3 is 5.69 Å². The van der Waals surface area contributed by atoms with E-state index >= 15 is 0 Å². The van der Waals surface area contributed by atoms with E-state index in [9.17, 15) is 14.4 Å². The maximum absolute atomic E-state index is 12.9. The van der Waals surface area contributed by atoms with Crippen molar-refractivity contribution >= 4 is 28.1 Å². The molecule has 182 valence electrons. The summed E-state index contributed by atoms with van der Waals surface area (Å²) in [6, 6.07) is 13.3. The van der Waals surface area contributed by atoms with Crippen molar-refractivity contribution in [1.29, 1.82) is 0 Å². The summed E-state index contributed by atoms with van der Waals surface area (Å²) in [5.74, 6) is -0.207. The Morgan fingerprint density at radius 3 is 2.49 bits per heavy atom. The first kappa shape index (κ1) is 24.2. The molecule has 4 rings (SSSR count). The summed E-state index contributed by atoms with van der Waals surface area (Å²) in [6.07, 6.45) is 0.875. The highest BCUT2D eigenvalue weighted by Crippen LogP contribution is 2.17. The lowest BCUT2D eigenvalue weighted by atomic mass is 10.1. The van der Waals surface area contributed by atoms with Crippen molar-refractivity contribution in [2.45, 2.75) is 39.8 Å². The number of aromatic nitrogens is 4. The van der Waals surface area contributed by atoms with E-state index in [1.165, 1.54) is 0 Å². The number of hydrogen-bond acceptors (Lipinski definition) is 7. The Morgan fingerprint density at radius 2 is 1.74 bits per heavy atom. The number of amides is 1. The summed E-state index contributed by atoms with van der Waals surface area (Å²) >= 11 is 0. The van der Waals surface area contributed by atoms with Gasteiger partial charge in [-0.05, 0) is 55.6 Å².